The van der Waals surface area contributed by atoms with Crippen LogP contribution in [-0.4, -0.2) is 13.4 Å². The molecule has 0 saturated carbocycles. The Morgan fingerprint density at radius 2 is 2.29 bits per heavy atom. The van der Waals surface area contributed by atoms with Crippen molar-refractivity contribution in [2.75, 3.05) is 7.11 Å². The lowest BCUT2D eigenvalue weighted by Crippen LogP contribution is -1.83. The molecule has 0 saturated heterocycles. The molecule has 0 aliphatic rings. The Balaban J connectivity index is 2.83. The first-order chi connectivity index (χ1) is 6.76. The molecule has 2 rings (SSSR count). The molecular formula is C10H7BrO2S. The summed E-state index contributed by atoms with van der Waals surface area (Å²) in [5.41, 5.74) is 0.713. The highest BCUT2D eigenvalue weighted by Gasteiger charge is 2.09. The Morgan fingerprint density at radius 1 is 1.50 bits per heavy atom. The number of methoxy groups -OCH3 is 1. The summed E-state index contributed by atoms with van der Waals surface area (Å²) < 4.78 is 7.16. The van der Waals surface area contributed by atoms with Crippen LogP contribution >= 0.6 is 27.3 Å². The van der Waals surface area contributed by atoms with Gasteiger partial charge in [-0.05, 0) is 12.1 Å². The second-order valence-electron chi connectivity index (χ2n) is 2.79. The van der Waals surface area contributed by atoms with Crippen molar-refractivity contribution in [1.29, 1.82) is 0 Å². The zero-order valence-electron chi connectivity index (χ0n) is 7.41. The van der Waals surface area contributed by atoms with Crippen LogP contribution in [-0.2, 0) is 0 Å². The zero-order chi connectivity index (χ0) is 10.1. The summed E-state index contributed by atoms with van der Waals surface area (Å²) in [6.45, 7) is 0. The van der Waals surface area contributed by atoms with E-state index >= 15 is 0 Å². The van der Waals surface area contributed by atoms with Crippen LogP contribution in [0.15, 0.2) is 22.0 Å². The summed E-state index contributed by atoms with van der Waals surface area (Å²) in [6, 6.07) is 3.82. The van der Waals surface area contributed by atoms with Crippen LogP contribution in [0.3, 0.4) is 0 Å². The number of hydrogen-bond acceptors (Lipinski definition) is 3. The van der Waals surface area contributed by atoms with Gasteiger partial charge in [0.15, 0.2) is 6.29 Å². The third kappa shape index (κ3) is 1.44. The minimum atomic E-state index is 0.713. The maximum Gasteiger partial charge on any atom is 0.151 e. The van der Waals surface area contributed by atoms with Crippen LogP contribution in [0, 0.1) is 0 Å². The van der Waals surface area contributed by atoms with E-state index in [1.165, 1.54) is 11.3 Å². The van der Waals surface area contributed by atoms with Gasteiger partial charge in [-0.2, -0.15) is 0 Å². The van der Waals surface area contributed by atoms with Gasteiger partial charge >= 0.3 is 0 Å². The van der Waals surface area contributed by atoms with Crippen LogP contribution in [0.5, 0.6) is 5.75 Å². The number of carbonyl (C=O) groups excluding carboxylic acids is 1. The topological polar surface area (TPSA) is 26.3 Å². The van der Waals surface area contributed by atoms with Crippen molar-refractivity contribution in [3.8, 4) is 5.75 Å². The minimum Gasteiger partial charge on any atom is -0.495 e. The molecule has 14 heavy (non-hydrogen) atoms. The molecule has 1 aromatic heterocycles. The van der Waals surface area contributed by atoms with Crippen molar-refractivity contribution in [3.63, 3.8) is 0 Å². The predicted octanol–water partition coefficient (Wildman–Crippen LogP) is 3.48. The maximum absolute atomic E-state index is 10.7. The number of carbonyl (C=O) groups is 1. The third-order valence-electron chi connectivity index (χ3n) is 1.98. The van der Waals surface area contributed by atoms with E-state index in [0.29, 0.717) is 5.56 Å². The highest BCUT2D eigenvalue weighted by molar-refractivity contribution is 9.10. The normalized spacial score (nSPS) is 10.4. The van der Waals surface area contributed by atoms with E-state index in [2.05, 4.69) is 15.9 Å². The number of fused-ring (bicyclic) bond motifs is 1. The number of rotatable bonds is 2. The Bertz CT molecular complexity index is 490. The summed E-state index contributed by atoms with van der Waals surface area (Å²) in [6.07, 6.45) is 0.866. The Kier molecular flexibility index (Phi) is 2.56. The van der Waals surface area contributed by atoms with Gasteiger partial charge < -0.3 is 4.74 Å². The first-order valence-electron chi connectivity index (χ1n) is 3.96. The molecule has 0 radical (unpaired) electrons. The van der Waals surface area contributed by atoms with Gasteiger partial charge in [0.2, 0.25) is 0 Å². The summed E-state index contributed by atoms with van der Waals surface area (Å²) in [5.74, 6) is 0.799. The number of benzene rings is 1. The summed E-state index contributed by atoms with van der Waals surface area (Å²) in [4.78, 5) is 10.7. The fraction of sp³-hybridized carbons (Fsp3) is 0.100. The molecule has 0 amide bonds. The zero-order valence-corrected chi connectivity index (χ0v) is 9.81. The Morgan fingerprint density at radius 3 is 2.93 bits per heavy atom. The molecule has 0 aliphatic carbocycles. The van der Waals surface area contributed by atoms with Crippen molar-refractivity contribution < 1.29 is 9.53 Å². The smallest absolute Gasteiger partial charge is 0.151 e. The van der Waals surface area contributed by atoms with E-state index in [-0.39, 0.29) is 0 Å². The number of aldehydes is 1. The van der Waals surface area contributed by atoms with Crippen LogP contribution in [0.4, 0.5) is 0 Å². The van der Waals surface area contributed by atoms with Crippen molar-refractivity contribution in [3.05, 3.63) is 27.5 Å². The largest absolute Gasteiger partial charge is 0.495 e. The quantitative estimate of drug-likeness (QED) is 0.781. The van der Waals surface area contributed by atoms with Gasteiger partial charge in [0.1, 0.15) is 5.75 Å². The predicted molar refractivity (Wildman–Crippen MR) is 61.5 cm³/mol. The van der Waals surface area contributed by atoms with Gasteiger partial charge in [-0.1, -0.05) is 15.9 Å². The molecule has 2 nitrogen and oxygen atoms in total. The van der Waals surface area contributed by atoms with Crippen LogP contribution in [0.2, 0.25) is 0 Å². The molecule has 0 bridgehead atoms. The van der Waals surface area contributed by atoms with E-state index in [9.17, 15) is 4.79 Å². The monoisotopic (exact) mass is 270 g/mol. The van der Waals surface area contributed by atoms with Crippen molar-refractivity contribution in [2.24, 2.45) is 0 Å². The summed E-state index contributed by atoms with van der Waals surface area (Å²) >= 11 is 4.90. The van der Waals surface area contributed by atoms with E-state index in [0.717, 1.165) is 26.6 Å². The molecule has 0 atom stereocenters. The third-order valence-corrected chi connectivity index (χ3v) is 3.47. The fourth-order valence-corrected chi connectivity index (χ4v) is 2.76. The fourth-order valence-electron chi connectivity index (χ4n) is 1.33. The van der Waals surface area contributed by atoms with Gasteiger partial charge in [-0.3, -0.25) is 4.79 Å². The second kappa shape index (κ2) is 3.71. The lowest BCUT2D eigenvalue weighted by molar-refractivity contribution is 0.112. The standard InChI is InChI=1S/C10H7BrO2S/c1-13-9-3-7(11)2-8-6(4-12)5-14-10(8)9/h2-5H,1H3. The van der Waals surface area contributed by atoms with Crippen molar-refractivity contribution in [2.45, 2.75) is 0 Å². The second-order valence-corrected chi connectivity index (χ2v) is 4.59. The van der Waals surface area contributed by atoms with Gasteiger partial charge in [0, 0.05) is 20.8 Å². The van der Waals surface area contributed by atoms with Crippen molar-refractivity contribution >= 4 is 43.6 Å². The van der Waals surface area contributed by atoms with E-state index in [1.807, 2.05) is 17.5 Å². The lowest BCUT2D eigenvalue weighted by Gasteiger charge is -2.02. The van der Waals surface area contributed by atoms with Crippen molar-refractivity contribution in [1.82, 2.24) is 0 Å². The molecule has 1 heterocycles. The first-order valence-corrected chi connectivity index (χ1v) is 5.63. The lowest BCUT2D eigenvalue weighted by atomic mass is 10.2. The average Bonchev–Trinajstić information content (AvgIpc) is 2.59. The molecule has 0 spiro atoms. The van der Waals surface area contributed by atoms with E-state index in [1.54, 1.807) is 7.11 Å². The van der Waals surface area contributed by atoms with Crippen LogP contribution in [0.1, 0.15) is 10.4 Å². The van der Waals surface area contributed by atoms with Gasteiger partial charge in [0.25, 0.3) is 0 Å². The molecule has 4 heteroatoms. The Labute approximate surface area is 93.6 Å². The van der Waals surface area contributed by atoms with Crippen LogP contribution < -0.4 is 4.74 Å². The van der Waals surface area contributed by atoms with E-state index in [4.69, 9.17) is 4.74 Å². The molecule has 0 aliphatic heterocycles. The number of hydrogen-bond donors (Lipinski definition) is 0. The van der Waals surface area contributed by atoms with Crippen LogP contribution in [0.25, 0.3) is 10.1 Å². The highest BCUT2D eigenvalue weighted by Crippen LogP contribution is 2.35. The molecule has 1 aromatic carbocycles. The maximum atomic E-state index is 10.7. The van der Waals surface area contributed by atoms with E-state index < -0.39 is 0 Å². The molecule has 72 valence electrons. The summed E-state index contributed by atoms with van der Waals surface area (Å²) in [5, 5.41) is 2.78. The summed E-state index contributed by atoms with van der Waals surface area (Å²) in [7, 11) is 1.63. The molecule has 2 aromatic rings. The molecule has 0 N–H and O–H groups in total. The minimum absolute atomic E-state index is 0.713. The molecule has 0 fully saturated rings. The molecule has 0 unspecified atom stereocenters. The van der Waals surface area contributed by atoms with Gasteiger partial charge in [-0.25, -0.2) is 0 Å². The highest BCUT2D eigenvalue weighted by atomic mass is 79.9. The average molecular weight is 271 g/mol. The molecular weight excluding hydrogens is 264 g/mol. The SMILES string of the molecule is COc1cc(Br)cc2c(C=O)csc12. The Hall–Kier alpha value is -0.870. The van der Waals surface area contributed by atoms with Gasteiger partial charge in [0.05, 0.1) is 11.8 Å². The number of ether oxygens (including phenoxy) is 1. The first kappa shape index (κ1) is 9.68. The number of halogens is 1. The van der Waals surface area contributed by atoms with Gasteiger partial charge in [-0.15, -0.1) is 11.3 Å². The number of thiophene rings is 1.